The second-order valence-electron chi connectivity index (χ2n) is 16.0. The van der Waals surface area contributed by atoms with Crippen LogP contribution >= 0.6 is 0 Å². The fourth-order valence-electron chi connectivity index (χ4n) is 9.85. The minimum atomic E-state index is 1.12. The van der Waals surface area contributed by atoms with Crippen LogP contribution < -0.4 is 4.90 Å². The smallest absolute Gasteiger partial charge is 0.0541 e. The summed E-state index contributed by atoms with van der Waals surface area (Å²) in [5, 5.41) is 9.96. The van der Waals surface area contributed by atoms with Crippen LogP contribution in [0.1, 0.15) is 0 Å². The topological polar surface area (TPSA) is 8.17 Å². The maximum absolute atomic E-state index is 2.47. The van der Waals surface area contributed by atoms with Crippen LogP contribution in [0.5, 0.6) is 0 Å². The minimum Gasteiger partial charge on any atom is -0.311 e. The molecule has 0 atom stereocenters. The summed E-state index contributed by atoms with van der Waals surface area (Å²) in [6, 6.07) is 88.3. The number of fused-ring (bicyclic) bond motifs is 6. The van der Waals surface area contributed by atoms with Crippen LogP contribution in [-0.4, -0.2) is 4.57 Å². The quantitative estimate of drug-likeness (QED) is 0.146. The van der Waals surface area contributed by atoms with E-state index in [1.54, 1.807) is 0 Å². The van der Waals surface area contributed by atoms with Gasteiger partial charge in [0.1, 0.15) is 0 Å². The molecule has 290 valence electrons. The molecule has 0 saturated carbocycles. The summed E-state index contributed by atoms with van der Waals surface area (Å²) in [5.74, 6) is 0. The van der Waals surface area contributed by atoms with Gasteiger partial charge in [0.2, 0.25) is 0 Å². The number of benzene rings is 11. The highest BCUT2D eigenvalue weighted by atomic mass is 15.1. The molecule has 0 N–H and O–H groups in total. The summed E-state index contributed by atoms with van der Waals surface area (Å²) in [6.45, 7) is 0. The zero-order valence-corrected chi connectivity index (χ0v) is 34.0. The fourth-order valence-corrected chi connectivity index (χ4v) is 9.85. The lowest BCUT2D eigenvalue weighted by Gasteiger charge is -2.25. The molecular formula is C60H40N2. The Hall–Kier alpha value is -8.20. The van der Waals surface area contributed by atoms with Crippen LogP contribution in [0.3, 0.4) is 0 Å². The monoisotopic (exact) mass is 788 g/mol. The molecule has 0 unspecified atom stereocenters. The van der Waals surface area contributed by atoms with Gasteiger partial charge in [0.25, 0.3) is 0 Å². The standard InChI is InChI=1S/C60H40N2/c1-4-18-42(19-5-1)59-50-27-12-14-29-52(50)60(53-30-15-13-28-51(53)59)54-37-39-57(48-25-11-10-24-47(48)54)62-56-31-17-16-26-49(56)55-40-43(34-38-58(55)62)41-32-35-46(36-33-41)61(44-20-6-2-7-21-44)45-22-8-3-9-23-45/h1-40H. The lowest BCUT2D eigenvalue weighted by molar-refractivity contribution is 1.20. The SMILES string of the molecule is c1ccc(-c2c3ccccc3c(-c3ccc(-n4c5ccccc5c5cc(-c6ccc(N(c7ccccc7)c7ccccc7)cc6)ccc54)c4ccccc34)c3ccccc23)cc1. The van der Waals surface area contributed by atoms with E-state index in [0.29, 0.717) is 0 Å². The van der Waals surface area contributed by atoms with Crippen molar-refractivity contribution in [1.82, 2.24) is 4.57 Å². The van der Waals surface area contributed by atoms with E-state index in [4.69, 9.17) is 0 Å². The zero-order chi connectivity index (χ0) is 41.0. The van der Waals surface area contributed by atoms with Gasteiger partial charge in [-0.15, -0.1) is 0 Å². The second kappa shape index (κ2) is 14.8. The van der Waals surface area contributed by atoms with Crippen molar-refractivity contribution in [3.05, 3.63) is 243 Å². The number of nitrogens with zero attached hydrogens (tertiary/aromatic N) is 2. The van der Waals surface area contributed by atoms with Crippen molar-refractivity contribution < 1.29 is 0 Å². The Labute approximate surface area is 360 Å². The van der Waals surface area contributed by atoms with E-state index < -0.39 is 0 Å². The first-order chi connectivity index (χ1) is 30.8. The van der Waals surface area contributed by atoms with Crippen molar-refractivity contribution in [2.45, 2.75) is 0 Å². The molecule has 11 aromatic carbocycles. The average molecular weight is 789 g/mol. The fraction of sp³-hybridized carbons (Fsp3) is 0. The van der Waals surface area contributed by atoms with Crippen LogP contribution in [0.15, 0.2) is 243 Å². The molecule has 1 heterocycles. The first-order valence-corrected chi connectivity index (χ1v) is 21.4. The molecule has 12 rings (SSSR count). The summed E-state index contributed by atoms with van der Waals surface area (Å²) < 4.78 is 2.47. The molecular weight excluding hydrogens is 749 g/mol. The Morgan fingerprint density at radius 3 is 1.32 bits per heavy atom. The highest BCUT2D eigenvalue weighted by Gasteiger charge is 2.21. The minimum absolute atomic E-state index is 1.12. The van der Waals surface area contributed by atoms with Crippen LogP contribution in [-0.2, 0) is 0 Å². The Morgan fingerprint density at radius 2 is 0.710 bits per heavy atom. The van der Waals surface area contributed by atoms with Gasteiger partial charge in [-0.1, -0.05) is 182 Å². The van der Waals surface area contributed by atoms with E-state index >= 15 is 0 Å². The molecule has 0 radical (unpaired) electrons. The first kappa shape index (κ1) is 35.7. The molecule has 0 spiro atoms. The number of hydrogen-bond acceptors (Lipinski definition) is 1. The molecule has 0 aliphatic rings. The van der Waals surface area contributed by atoms with E-state index in [9.17, 15) is 0 Å². The molecule has 0 saturated heterocycles. The van der Waals surface area contributed by atoms with Gasteiger partial charge >= 0.3 is 0 Å². The number of rotatable bonds is 7. The molecule has 0 amide bonds. The number of anilines is 3. The van der Waals surface area contributed by atoms with Gasteiger partial charge in [-0.3, -0.25) is 0 Å². The van der Waals surface area contributed by atoms with Gasteiger partial charge in [0, 0.05) is 33.2 Å². The van der Waals surface area contributed by atoms with E-state index in [1.165, 1.54) is 93.2 Å². The Balaban J connectivity index is 1.01. The molecule has 0 fully saturated rings. The third kappa shape index (κ3) is 5.80. The Kier molecular flexibility index (Phi) is 8.53. The van der Waals surface area contributed by atoms with Crippen LogP contribution in [0.4, 0.5) is 17.1 Å². The summed E-state index contributed by atoms with van der Waals surface area (Å²) in [7, 11) is 0. The second-order valence-corrected chi connectivity index (χ2v) is 16.0. The molecule has 62 heavy (non-hydrogen) atoms. The van der Waals surface area contributed by atoms with E-state index in [1.807, 2.05) is 0 Å². The largest absolute Gasteiger partial charge is 0.311 e. The van der Waals surface area contributed by atoms with Gasteiger partial charge in [-0.05, 0) is 121 Å². The molecule has 2 heteroatoms. The Bertz CT molecular complexity index is 3510. The summed E-state index contributed by atoms with van der Waals surface area (Å²) in [4.78, 5) is 2.31. The molecule has 0 aliphatic carbocycles. The maximum atomic E-state index is 2.47. The molecule has 0 aliphatic heterocycles. The average Bonchev–Trinajstić information content (AvgIpc) is 3.67. The number of para-hydroxylation sites is 3. The first-order valence-electron chi connectivity index (χ1n) is 21.4. The van der Waals surface area contributed by atoms with Crippen molar-refractivity contribution in [2.75, 3.05) is 4.90 Å². The molecule has 0 bridgehead atoms. The van der Waals surface area contributed by atoms with Gasteiger partial charge < -0.3 is 9.47 Å². The van der Waals surface area contributed by atoms with Crippen molar-refractivity contribution in [3.63, 3.8) is 0 Å². The number of aromatic nitrogens is 1. The summed E-state index contributed by atoms with van der Waals surface area (Å²) >= 11 is 0. The third-order valence-corrected chi connectivity index (χ3v) is 12.6. The van der Waals surface area contributed by atoms with Crippen molar-refractivity contribution in [1.29, 1.82) is 0 Å². The predicted octanol–water partition coefficient (Wildman–Crippen LogP) is 16.7. The van der Waals surface area contributed by atoms with Crippen molar-refractivity contribution >= 4 is 71.2 Å². The predicted molar refractivity (Wildman–Crippen MR) is 264 cm³/mol. The highest BCUT2D eigenvalue weighted by molar-refractivity contribution is 6.24. The lowest BCUT2D eigenvalue weighted by Crippen LogP contribution is -2.09. The highest BCUT2D eigenvalue weighted by Crippen LogP contribution is 2.47. The van der Waals surface area contributed by atoms with Gasteiger partial charge in [-0.25, -0.2) is 0 Å². The number of hydrogen-bond donors (Lipinski definition) is 0. The normalized spacial score (nSPS) is 11.5. The Morgan fingerprint density at radius 1 is 0.258 bits per heavy atom. The van der Waals surface area contributed by atoms with Crippen molar-refractivity contribution in [2.24, 2.45) is 0 Å². The summed E-state index contributed by atoms with van der Waals surface area (Å²) in [5.41, 5.74) is 14.3. The van der Waals surface area contributed by atoms with Crippen molar-refractivity contribution in [3.8, 4) is 39.1 Å². The molecule has 2 nitrogen and oxygen atoms in total. The van der Waals surface area contributed by atoms with E-state index in [-0.39, 0.29) is 0 Å². The van der Waals surface area contributed by atoms with Gasteiger partial charge in [-0.2, -0.15) is 0 Å². The van der Waals surface area contributed by atoms with Crippen LogP contribution in [0.2, 0.25) is 0 Å². The summed E-state index contributed by atoms with van der Waals surface area (Å²) in [6.07, 6.45) is 0. The van der Waals surface area contributed by atoms with Crippen LogP contribution in [0.25, 0.3) is 93.2 Å². The maximum Gasteiger partial charge on any atom is 0.0541 e. The zero-order valence-electron chi connectivity index (χ0n) is 34.0. The van der Waals surface area contributed by atoms with Gasteiger partial charge in [0.15, 0.2) is 0 Å². The van der Waals surface area contributed by atoms with Crippen LogP contribution in [0, 0.1) is 0 Å². The molecule has 12 aromatic rings. The van der Waals surface area contributed by atoms with Gasteiger partial charge in [0.05, 0.1) is 16.7 Å². The third-order valence-electron chi connectivity index (χ3n) is 12.6. The lowest BCUT2D eigenvalue weighted by atomic mass is 9.84. The molecule has 1 aromatic heterocycles. The van der Waals surface area contributed by atoms with E-state index in [2.05, 4.69) is 252 Å². The van der Waals surface area contributed by atoms with E-state index in [0.717, 1.165) is 17.1 Å².